The number of nitrogens with one attached hydrogen (secondary N) is 1. The van der Waals surface area contributed by atoms with Gasteiger partial charge in [0.15, 0.2) is 5.25 Å². The van der Waals surface area contributed by atoms with Gasteiger partial charge in [0.2, 0.25) is 5.91 Å². The van der Waals surface area contributed by atoms with Crippen molar-refractivity contribution < 1.29 is 14.7 Å². The standard InChI is InChI=1S/C9H17NO3S/c1-5(2)10-8(11)7(9(12)13)14-6(3)4/h5-7H,1-4H3,(H,10,11)(H,12,13). The normalized spacial score (nSPS) is 13.0. The van der Waals surface area contributed by atoms with Gasteiger partial charge in [-0.2, -0.15) is 0 Å². The Labute approximate surface area is 88.4 Å². The lowest BCUT2D eigenvalue weighted by molar-refractivity contribution is -0.140. The van der Waals surface area contributed by atoms with Crippen LogP contribution in [0.25, 0.3) is 0 Å². The Morgan fingerprint density at radius 1 is 1.21 bits per heavy atom. The van der Waals surface area contributed by atoms with E-state index in [1.54, 1.807) is 13.8 Å². The average molecular weight is 219 g/mol. The molecule has 0 radical (unpaired) electrons. The highest BCUT2D eigenvalue weighted by molar-refractivity contribution is 8.01. The van der Waals surface area contributed by atoms with E-state index in [0.717, 1.165) is 11.8 Å². The Bertz CT molecular complexity index is 216. The molecule has 0 aliphatic carbocycles. The maximum atomic E-state index is 11.4. The van der Waals surface area contributed by atoms with Crippen LogP contribution in [0.5, 0.6) is 0 Å². The fraction of sp³-hybridized carbons (Fsp3) is 0.778. The smallest absolute Gasteiger partial charge is 0.326 e. The number of thioether (sulfide) groups is 1. The Kier molecular flexibility index (Phi) is 5.60. The molecule has 1 unspecified atom stereocenters. The molecule has 2 N–H and O–H groups in total. The zero-order chi connectivity index (χ0) is 11.3. The molecule has 0 aromatic rings. The number of hydrogen-bond acceptors (Lipinski definition) is 3. The molecule has 82 valence electrons. The zero-order valence-electron chi connectivity index (χ0n) is 8.90. The summed E-state index contributed by atoms with van der Waals surface area (Å²) in [5, 5.41) is 10.5. The van der Waals surface area contributed by atoms with Crippen LogP contribution in [-0.2, 0) is 9.59 Å². The van der Waals surface area contributed by atoms with Crippen molar-refractivity contribution in [1.82, 2.24) is 5.32 Å². The van der Waals surface area contributed by atoms with Crippen LogP contribution >= 0.6 is 11.8 Å². The number of carbonyl (C=O) groups is 2. The van der Waals surface area contributed by atoms with Gasteiger partial charge < -0.3 is 10.4 Å². The highest BCUT2D eigenvalue weighted by Crippen LogP contribution is 2.17. The van der Waals surface area contributed by atoms with E-state index in [9.17, 15) is 9.59 Å². The van der Waals surface area contributed by atoms with Crippen LogP contribution in [0.2, 0.25) is 0 Å². The molecule has 0 heterocycles. The number of aliphatic carboxylic acids is 1. The van der Waals surface area contributed by atoms with Gasteiger partial charge in [-0.3, -0.25) is 9.59 Å². The number of carbonyl (C=O) groups excluding carboxylic acids is 1. The van der Waals surface area contributed by atoms with Gasteiger partial charge in [-0.05, 0) is 13.8 Å². The van der Waals surface area contributed by atoms with E-state index in [1.807, 2.05) is 13.8 Å². The first-order chi connectivity index (χ1) is 6.34. The van der Waals surface area contributed by atoms with Crippen LogP contribution in [0.1, 0.15) is 27.7 Å². The largest absolute Gasteiger partial charge is 0.480 e. The maximum absolute atomic E-state index is 11.4. The average Bonchev–Trinajstić information content (AvgIpc) is 1.97. The summed E-state index contributed by atoms with van der Waals surface area (Å²) in [6, 6.07) is -0.0305. The molecule has 4 nitrogen and oxygen atoms in total. The van der Waals surface area contributed by atoms with Crippen LogP contribution in [0.4, 0.5) is 0 Å². The lowest BCUT2D eigenvalue weighted by Gasteiger charge is -2.16. The second-order valence-corrected chi connectivity index (χ2v) is 5.25. The Morgan fingerprint density at radius 3 is 2.00 bits per heavy atom. The predicted molar refractivity (Wildman–Crippen MR) is 57.4 cm³/mol. The van der Waals surface area contributed by atoms with Gasteiger partial charge in [0.25, 0.3) is 0 Å². The van der Waals surface area contributed by atoms with Gasteiger partial charge in [0.1, 0.15) is 0 Å². The summed E-state index contributed by atoms with van der Waals surface area (Å²) < 4.78 is 0. The molecule has 0 aromatic heterocycles. The molecular weight excluding hydrogens is 202 g/mol. The van der Waals surface area contributed by atoms with Gasteiger partial charge in [-0.15, -0.1) is 11.8 Å². The van der Waals surface area contributed by atoms with Crippen molar-refractivity contribution in [3.63, 3.8) is 0 Å². The molecule has 0 bridgehead atoms. The lowest BCUT2D eigenvalue weighted by atomic mass is 10.3. The van der Waals surface area contributed by atoms with Crippen molar-refractivity contribution in [1.29, 1.82) is 0 Å². The SMILES string of the molecule is CC(C)NC(=O)C(SC(C)C)C(=O)O. The van der Waals surface area contributed by atoms with Gasteiger partial charge >= 0.3 is 5.97 Å². The summed E-state index contributed by atoms with van der Waals surface area (Å²) in [6.07, 6.45) is 0. The molecule has 0 saturated carbocycles. The van der Waals surface area contributed by atoms with Gasteiger partial charge in [0, 0.05) is 11.3 Å². The second-order valence-electron chi connectivity index (χ2n) is 3.57. The fourth-order valence-electron chi connectivity index (χ4n) is 0.865. The summed E-state index contributed by atoms with van der Waals surface area (Å²) in [7, 11) is 0. The first kappa shape index (κ1) is 13.3. The lowest BCUT2D eigenvalue weighted by Crippen LogP contribution is -2.41. The van der Waals surface area contributed by atoms with E-state index in [-0.39, 0.29) is 11.3 Å². The number of amides is 1. The fourth-order valence-corrected chi connectivity index (χ4v) is 1.72. The highest BCUT2D eigenvalue weighted by Gasteiger charge is 2.27. The van der Waals surface area contributed by atoms with Crippen molar-refractivity contribution >= 4 is 23.6 Å². The number of rotatable bonds is 5. The number of hydrogen-bond donors (Lipinski definition) is 2. The molecule has 1 amide bonds. The van der Waals surface area contributed by atoms with Crippen molar-refractivity contribution in [2.75, 3.05) is 0 Å². The van der Waals surface area contributed by atoms with E-state index in [1.165, 1.54) is 0 Å². The van der Waals surface area contributed by atoms with E-state index >= 15 is 0 Å². The quantitative estimate of drug-likeness (QED) is 0.680. The van der Waals surface area contributed by atoms with Crippen LogP contribution in [0, 0.1) is 0 Å². The molecular formula is C9H17NO3S. The minimum Gasteiger partial charge on any atom is -0.480 e. The Balaban J connectivity index is 4.34. The first-order valence-electron chi connectivity index (χ1n) is 4.53. The Morgan fingerprint density at radius 2 is 1.71 bits per heavy atom. The van der Waals surface area contributed by atoms with Crippen LogP contribution in [-0.4, -0.2) is 33.5 Å². The summed E-state index contributed by atoms with van der Waals surface area (Å²) in [6.45, 7) is 7.33. The molecule has 0 aromatic carbocycles. The third-order valence-corrected chi connectivity index (χ3v) is 2.53. The van der Waals surface area contributed by atoms with E-state index in [2.05, 4.69) is 5.32 Å². The maximum Gasteiger partial charge on any atom is 0.326 e. The molecule has 0 aliphatic rings. The third kappa shape index (κ3) is 5.11. The molecule has 0 aliphatic heterocycles. The molecule has 0 saturated heterocycles. The van der Waals surface area contributed by atoms with Gasteiger partial charge in [-0.25, -0.2) is 0 Å². The third-order valence-electron chi connectivity index (χ3n) is 1.30. The van der Waals surface area contributed by atoms with Gasteiger partial charge in [0.05, 0.1) is 0 Å². The predicted octanol–water partition coefficient (Wildman–Crippen LogP) is 1.11. The van der Waals surface area contributed by atoms with E-state index in [4.69, 9.17) is 5.11 Å². The minimum atomic E-state index is -1.08. The van der Waals surface area contributed by atoms with Crippen molar-refractivity contribution in [3.05, 3.63) is 0 Å². The molecule has 0 rings (SSSR count). The molecule has 0 fully saturated rings. The van der Waals surface area contributed by atoms with E-state index < -0.39 is 17.1 Å². The first-order valence-corrected chi connectivity index (χ1v) is 5.47. The van der Waals surface area contributed by atoms with Crippen LogP contribution < -0.4 is 5.32 Å². The molecule has 0 spiro atoms. The number of carboxylic acids is 1. The van der Waals surface area contributed by atoms with Crippen molar-refractivity contribution in [2.24, 2.45) is 0 Å². The van der Waals surface area contributed by atoms with Gasteiger partial charge in [-0.1, -0.05) is 13.8 Å². The summed E-state index contributed by atoms with van der Waals surface area (Å²) >= 11 is 1.15. The van der Waals surface area contributed by atoms with E-state index in [0.29, 0.717) is 0 Å². The Hall–Kier alpha value is -0.710. The molecule has 14 heavy (non-hydrogen) atoms. The minimum absolute atomic E-state index is 0.0305. The summed E-state index contributed by atoms with van der Waals surface area (Å²) in [5.41, 5.74) is 0. The zero-order valence-corrected chi connectivity index (χ0v) is 9.72. The van der Waals surface area contributed by atoms with Crippen LogP contribution in [0.3, 0.4) is 0 Å². The topological polar surface area (TPSA) is 66.4 Å². The highest BCUT2D eigenvalue weighted by atomic mass is 32.2. The monoisotopic (exact) mass is 219 g/mol. The van der Waals surface area contributed by atoms with Crippen molar-refractivity contribution in [2.45, 2.75) is 44.2 Å². The number of carboxylic acid groups (broad SMARTS) is 1. The summed E-state index contributed by atoms with van der Waals surface area (Å²) in [4.78, 5) is 22.2. The van der Waals surface area contributed by atoms with Crippen LogP contribution in [0.15, 0.2) is 0 Å². The summed E-state index contributed by atoms with van der Waals surface area (Å²) in [5.74, 6) is -1.51. The van der Waals surface area contributed by atoms with Crippen molar-refractivity contribution in [3.8, 4) is 0 Å². The molecule has 5 heteroatoms. The second kappa shape index (κ2) is 5.90. The molecule has 1 atom stereocenters.